The Morgan fingerprint density at radius 1 is 1.32 bits per heavy atom. The molecule has 3 nitrogen and oxygen atoms in total. The van der Waals surface area contributed by atoms with Gasteiger partial charge in [0.05, 0.1) is 6.54 Å². The summed E-state index contributed by atoms with van der Waals surface area (Å²) in [7, 11) is 0. The average molecular weight is 333 g/mol. The van der Waals surface area contributed by atoms with Crippen molar-refractivity contribution in [1.82, 2.24) is 9.55 Å². The van der Waals surface area contributed by atoms with Gasteiger partial charge in [0, 0.05) is 23.1 Å². The summed E-state index contributed by atoms with van der Waals surface area (Å²) in [5.74, 6) is 0. The molecular formula is C12H8BrF3N2O. The van der Waals surface area contributed by atoms with E-state index in [1.54, 1.807) is 12.3 Å². The molecule has 100 valence electrons. The van der Waals surface area contributed by atoms with Crippen molar-refractivity contribution in [3.05, 3.63) is 62.7 Å². The van der Waals surface area contributed by atoms with Crippen LogP contribution in [0.25, 0.3) is 0 Å². The molecule has 0 N–H and O–H groups in total. The summed E-state index contributed by atoms with van der Waals surface area (Å²) in [6.45, 7) is 0.0369. The minimum atomic E-state index is -4.64. The third-order valence-corrected chi connectivity index (χ3v) is 2.87. The van der Waals surface area contributed by atoms with Crippen LogP contribution in [0.3, 0.4) is 0 Å². The van der Waals surface area contributed by atoms with Crippen LogP contribution in [0.4, 0.5) is 13.2 Å². The van der Waals surface area contributed by atoms with Gasteiger partial charge in [-0.25, -0.2) is 0 Å². The van der Waals surface area contributed by atoms with Gasteiger partial charge in [-0.2, -0.15) is 13.2 Å². The van der Waals surface area contributed by atoms with E-state index in [0.717, 1.165) is 10.6 Å². The summed E-state index contributed by atoms with van der Waals surface area (Å²) < 4.78 is 39.5. The fourth-order valence-corrected chi connectivity index (χ4v) is 2.03. The highest BCUT2D eigenvalue weighted by molar-refractivity contribution is 9.10. The van der Waals surface area contributed by atoms with E-state index in [0.29, 0.717) is 10.0 Å². The van der Waals surface area contributed by atoms with E-state index in [2.05, 4.69) is 20.9 Å². The van der Waals surface area contributed by atoms with Crippen LogP contribution in [-0.4, -0.2) is 9.55 Å². The first-order valence-electron chi connectivity index (χ1n) is 5.24. The standard InChI is InChI=1S/C12H8BrF3N2O/c13-9-4-8(5-17-6-9)7-18-3-1-2-10(11(18)19)12(14,15)16/h1-6H,7H2. The number of alkyl halides is 3. The third-order valence-electron chi connectivity index (χ3n) is 2.44. The van der Waals surface area contributed by atoms with E-state index in [1.807, 2.05) is 0 Å². The third kappa shape index (κ3) is 3.23. The second-order valence-corrected chi connectivity index (χ2v) is 4.78. The molecule has 7 heteroatoms. The highest BCUT2D eigenvalue weighted by Gasteiger charge is 2.34. The number of hydrogen-bond acceptors (Lipinski definition) is 2. The lowest BCUT2D eigenvalue weighted by molar-refractivity contribution is -0.138. The molecule has 19 heavy (non-hydrogen) atoms. The summed E-state index contributed by atoms with van der Waals surface area (Å²) in [5.41, 5.74) is -1.59. The van der Waals surface area contributed by atoms with Gasteiger partial charge < -0.3 is 4.57 Å². The fourth-order valence-electron chi connectivity index (χ4n) is 1.62. The van der Waals surface area contributed by atoms with Crippen LogP contribution in [0.2, 0.25) is 0 Å². The van der Waals surface area contributed by atoms with Crippen molar-refractivity contribution in [2.75, 3.05) is 0 Å². The Bertz CT molecular complexity index is 652. The lowest BCUT2D eigenvalue weighted by Gasteiger charge is -2.10. The van der Waals surface area contributed by atoms with Crippen LogP contribution in [0.15, 0.2) is 46.1 Å². The molecule has 0 fully saturated rings. The minimum absolute atomic E-state index is 0.0369. The minimum Gasteiger partial charge on any atom is -0.311 e. The van der Waals surface area contributed by atoms with Gasteiger partial charge in [-0.1, -0.05) is 0 Å². The number of aromatic nitrogens is 2. The summed E-state index contributed by atoms with van der Waals surface area (Å²) in [6.07, 6.45) is -0.274. The van der Waals surface area contributed by atoms with Crippen LogP contribution in [0, 0.1) is 0 Å². The first-order valence-corrected chi connectivity index (χ1v) is 6.03. The van der Waals surface area contributed by atoms with Gasteiger partial charge in [0.15, 0.2) is 0 Å². The molecule has 0 aromatic carbocycles. The van der Waals surface area contributed by atoms with Crippen LogP contribution < -0.4 is 5.56 Å². The maximum Gasteiger partial charge on any atom is 0.421 e. The van der Waals surface area contributed by atoms with Gasteiger partial charge in [-0.15, -0.1) is 0 Å². The molecular weight excluding hydrogens is 325 g/mol. The van der Waals surface area contributed by atoms with Crippen LogP contribution in [0.1, 0.15) is 11.1 Å². The predicted molar refractivity (Wildman–Crippen MR) is 66.7 cm³/mol. The largest absolute Gasteiger partial charge is 0.421 e. The Morgan fingerprint density at radius 2 is 2.05 bits per heavy atom. The monoisotopic (exact) mass is 332 g/mol. The van der Waals surface area contributed by atoms with Crippen LogP contribution in [0.5, 0.6) is 0 Å². The van der Waals surface area contributed by atoms with Crippen molar-refractivity contribution >= 4 is 15.9 Å². The van der Waals surface area contributed by atoms with Gasteiger partial charge in [-0.05, 0) is 39.7 Å². The van der Waals surface area contributed by atoms with Gasteiger partial charge in [0.25, 0.3) is 5.56 Å². The van der Waals surface area contributed by atoms with Gasteiger partial charge in [0.1, 0.15) is 5.56 Å². The Morgan fingerprint density at radius 3 is 2.68 bits per heavy atom. The summed E-state index contributed by atoms with van der Waals surface area (Å²) in [5, 5.41) is 0. The molecule has 0 aliphatic heterocycles. The molecule has 2 rings (SSSR count). The fraction of sp³-hybridized carbons (Fsp3) is 0.167. The van der Waals surface area contributed by atoms with Crippen molar-refractivity contribution in [1.29, 1.82) is 0 Å². The molecule has 0 bridgehead atoms. The number of hydrogen-bond donors (Lipinski definition) is 0. The second kappa shape index (κ2) is 5.16. The number of pyridine rings is 2. The quantitative estimate of drug-likeness (QED) is 0.847. The highest BCUT2D eigenvalue weighted by atomic mass is 79.9. The number of nitrogens with zero attached hydrogens (tertiary/aromatic N) is 2. The van der Waals surface area contributed by atoms with Gasteiger partial charge in [-0.3, -0.25) is 9.78 Å². The average Bonchev–Trinajstić information content (AvgIpc) is 2.30. The molecule has 0 amide bonds. The maximum absolute atomic E-state index is 12.6. The molecule has 2 heterocycles. The maximum atomic E-state index is 12.6. The first-order chi connectivity index (χ1) is 8.88. The van der Waals surface area contributed by atoms with Crippen molar-refractivity contribution in [2.24, 2.45) is 0 Å². The topological polar surface area (TPSA) is 34.9 Å². The smallest absolute Gasteiger partial charge is 0.311 e. The zero-order chi connectivity index (χ0) is 14.0. The van der Waals surface area contributed by atoms with Gasteiger partial charge in [0.2, 0.25) is 0 Å². The predicted octanol–water partition coefficient (Wildman–Crippen LogP) is 3.07. The SMILES string of the molecule is O=c1c(C(F)(F)F)cccn1Cc1cncc(Br)c1. The molecule has 0 spiro atoms. The molecule has 0 aliphatic carbocycles. The van der Waals surface area contributed by atoms with E-state index in [9.17, 15) is 18.0 Å². The number of halogens is 4. The molecule has 0 saturated heterocycles. The Kier molecular flexibility index (Phi) is 3.75. The van der Waals surface area contributed by atoms with E-state index >= 15 is 0 Å². The van der Waals surface area contributed by atoms with E-state index < -0.39 is 17.3 Å². The van der Waals surface area contributed by atoms with Crippen molar-refractivity contribution < 1.29 is 13.2 Å². The zero-order valence-corrected chi connectivity index (χ0v) is 11.1. The molecule has 0 saturated carbocycles. The second-order valence-electron chi connectivity index (χ2n) is 3.86. The molecule has 0 atom stereocenters. The van der Waals surface area contributed by atoms with Crippen molar-refractivity contribution in [3.8, 4) is 0 Å². The molecule has 0 aliphatic rings. The molecule has 0 radical (unpaired) electrons. The van der Waals surface area contributed by atoms with Crippen molar-refractivity contribution in [2.45, 2.75) is 12.7 Å². The zero-order valence-electron chi connectivity index (χ0n) is 9.49. The Hall–Kier alpha value is -1.63. The summed E-state index contributed by atoms with van der Waals surface area (Å²) in [4.78, 5) is 15.6. The lowest BCUT2D eigenvalue weighted by Crippen LogP contribution is -2.28. The van der Waals surface area contributed by atoms with Crippen LogP contribution in [-0.2, 0) is 12.7 Å². The van der Waals surface area contributed by atoms with Crippen molar-refractivity contribution in [3.63, 3.8) is 0 Å². The van der Waals surface area contributed by atoms with E-state index in [-0.39, 0.29) is 6.54 Å². The highest BCUT2D eigenvalue weighted by Crippen LogP contribution is 2.26. The number of rotatable bonds is 2. The Labute approximate surface area is 114 Å². The van der Waals surface area contributed by atoms with E-state index in [4.69, 9.17) is 0 Å². The molecule has 2 aromatic rings. The first kappa shape index (κ1) is 13.8. The normalized spacial score (nSPS) is 11.6. The summed E-state index contributed by atoms with van der Waals surface area (Å²) in [6, 6.07) is 3.67. The van der Waals surface area contributed by atoms with E-state index in [1.165, 1.54) is 18.5 Å². The van der Waals surface area contributed by atoms with Crippen LogP contribution >= 0.6 is 15.9 Å². The summed E-state index contributed by atoms with van der Waals surface area (Å²) >= 11 is 3.21. The molecule has 0 unspecified atom stereocenters. The Balaban J connectivity index is 2.40. The molecule has 2 aromatic heterocycles. The van der Waals surface area contributed by atoms with Gasteiger partial charge >= 0.3 is 6.18 Å². The lowest BCUT2D eigenvalue weighted by atomic mass is 10.2.